The minimum Gasteiger partial charge on any atom is -0.444 e. The first-order valence-electron chi connectivity index (χ1n) is 8.22. The quantitative estimate of drug-likeness (QED) is 0.842. The number of halogens is 1. The predicted molar refractivity (Wildman–Crippen MR) is 97.3 cm³/mol. The lowest BCUT2D eigenvalue weighted by molar-refractivity contribution is 0.0489. The number of nitrogens with zero attached hydrogens (tertiary/aromatic N) is 2. The van der Waals surface area contributed by atoms with Gasteiger partial charge in [-0.15, -0.1) is 0 Å². The number of carbonyl (C=O) groups is 1. The van der Waals surface area contributed by atoms with Crippen LogP contribution in [0.15, 0.2) is 23.1 Å². The number of alkyl carbamates (subject to hydrolysis) is 1. The van der Waals surface area contributed by atoms with E-state index in [9.17, 15) is 13.2 Å². The van der Waals surface area contributed by atoms with Crippen LogP contribution in [0.3, 0.4) is 0 Å². The first-order chi connectivity index (χ1) is 12.0. The van der Waals surface area contributed by atoms with Gasteiger partial charge < -0.3 is 10.1 Å². The van der Waals surface area contributed by atoms with Crippen LogP contribution in [0.5, 0.6) is 0 Å². The van der Waals surface area contributed by atoms with Gasteiger partial charge in [0.25, 0.3) is 0 Å². The van der Waals surface area contributed by atoms with Gasteiger partial charge in [-0.05, 0) is 51.8 Å². The average molecular weight is 400 g/mol. The van der Waals surface area contributed by atoms with Crippen LogP contribution in [-0.2, 0) is 14.8 Å². The number of rotatable bonds is 3. The van der Waals surface area contributed by atoms with Crippen molar-refractivity contribution in [3.63, 3.8) is 0 Å². The molecule has 0 saturated carbocycles. The Kier molecular flexibility index (Phi) is 6.17. The minimum absolute atomic E-state index is 0.0724. The molecule has 1 amide bonds. The summed E-state index contributed by atoms with van der Waals surface area (Å²) in [7, 11) is -3.80. The fourth-order valence-electron chi connectivity index (χ4n) is 2.62. The third-order valence-corrected chi connectivity index (χ3v) is 6.23. The first-order valence-corrected chi connectivity index (χ1v) is 10.0. The Morgan fingerprint density at radius 3 is 2.50 bits per heavy atom. The van der Waals surface area contributed by atoms with E-state index in [1.54, 1.807) is 20.8 Å². The number of ether oxygens (including phenoxy) is 1. The lowest BCUT2D eigenvalue weighted by Gasteiger charge is -2.32. The Labute approximate surface area is 158 Å². The van der Waals surface area contributed by atoms with Crippen molar-refractivity contribution in [2.24, 2.45) is 0 Å². The van der Waals surface area contributed by atoms with E-state index in [2.05, 4.69) is 5.32 Å². The molecule has 1 aliphatic rings. The second-order valence-electron chi connectivity index (χ2n) is 7.08. The van der Waals surface area contributed by atoms with E-state index in [0.717, 1.165) is 0 Å². The van der Waals surface area contributed by atoms with E-state index < -0.39 is 21.7 Å². The molecule has 9 heteroatoms. The van der Waals surface area contributed by atoms with Crippen molar-refractivity contribution in [3.8, 4) is 6.07 Å². The summed E-state index contributed by atoms with van der Waals surface area (Å²) in [6.45, 7) is 5.83. The van der Waals surface area contributed by atoms with Gasteiger partial charge in [-0.1, -0.05) is 11.6 Å². The molecule has 0 unspecified atom stereocenters. The molecule has 142 valence electrons. The summed E-state index contributed by atoms with van der Waals surface area (Å²) in [6.07, 6.45) is 0.422. The summed E-state index contributed by atoms with van der Waals surface area (Å²) in [5.41, 5.74) is -0.356. The summed E-state index contributed by atoms with van der Waals surface area (Å²) < 4.78 is 32.2. The van der Waals surface area contributed by atoms with Crippen molar-refractivity contribution >= 4 is 27.7 Å². The van der Waals surface area contributed by atoms with E-state index in [-0.39, 0.29) is 34.6 Å². The fraction of sp³-hybridized carbons (Fsp3) is 0.529. The highest BCUT2D eigenvalue weighted by molar-refractivity contribution is 7.89. The minimum atomic E-state index is -3.80. The first kappa shape index (κ1) is 20.5. The molecule has 1 fully saturated rings. The van der Waals surface area contributed by atoms with Gasteiger partial charge in [-0.2, -0.15) is 9.57 Å². The van der Waals surface area contributed by atoms with Gasteiger partial charge in [0.1, 0.15) is 10.5 Å². The van der Waals surface area contributed by atoms with Gasteiger partial charge in [-0.3, -0.25) is 0 Å². The third-order valence-electron chi connectivity index (χ3n) is 3.85. The lowest BCUT2D eigenvalue weighted by Crippen LogP contribution is -2.47. The monoisotopic (exact) mass is 399 g/mol. The summed E-state index contributed by atoms with van der Waals surface area (Å²) >= 11 is 6.03. The number of piperidine rings is 1. The SMILES string of the molecule is CC(C)(C)OC(=O)NC1CCN(S(=O)(=O)c2cc(C#N)ccc2Cl)CC1. The smallest absolute Gasteiger partial charge is 0.407 e. The molecule has 0 aromatic heterocycles. The van der Waals surface area contributed by atoms with Gasteiger partial charge in [0.05, 0.1) is 16.7 Å². The fourth-order valence-corrected chi connectivity index (χ4v) is 4.59. The van der Waals surface area contributed by atoms with E-state index in [4.69, 9.17) is 21.6 Å². The van der Waals surface area contributed by atoms with E-state index in [1.165, 1.54) is 22.5 Å². The van der Waals surface area contributed by atoms with Crippen LogP contribution in [0.25, 0.3) is 0 Å². The number of amides is 1. The molecule has 0 atom stereocenters. The van der Waals surface area contributed by atoms with Gasteiger partial charge >= 0.3 is 6.09 Å². The number of hydrogen-bond donors (Lipinski definition) is 1. The van der Waals surface area contributed by atoms with E-state index in [1.807, 2.05) is 6.07 Å². The lowest BCUT2D eigenvalue weighted by atomic mass is 10.1. The maximum absolute atomic E-state index is 12.8. The molecule has 1 aromatic rings. The number of hydrogen-bond acceptors (Lipinski definition) is 5. The van der Waals surface area contributed by atoms with Crippen LogP contribution in [0.1, 0.15) is 39.2 Å². The summed E-state index contributed by atoms with van der Waals surface area (Å²) in [5.74, 6) is 0. The highest BCUT2D eigenvalue weighted by Crippen LogP contribution is 2.27. The molecule has 0 bridgehead atoms. The van der Waals surface area contributed by atoms with Crippen molar-refractivity contribution in [1.29, 1.82) is 5.26 Å². The Balaban J connectivity index is 2.03. The van der Waals surface area contributed by atoms with Crippen LogP contribution < -0.4 is 5.32 Å². The molecule has 0 aliphatic carbocycles. The number of sulfonamides is 1. The topological polar surface area (TPSA) is 99.5 Å². The molecule has 1 N–H and O–H groups in total. The molecular formula is C17H22ClN3O4S. The predicted octanol–water partition coefficient (Wildman–Crippen LogP) is 2.89. The number of nitrogens with one attached hydrogen (secondary N) is 1. The largest absolute Gasteiger partial charge is 0.444 e. The molecule has 1 aromatic carbocycles. The van der Waals surface area contributed by atoms with Gasteiger partial charge in [0.2, 0.25) is 10.0 Å². The molecule has 26 heavy (non-hydrogen) atoms. The molecule has 1 heterocycles. The van der Waals surface area contributed by atoms with E-state index >= 15 is 0 Å². The molecule has 7 nitrogen and oxygen atoms in total. The average Bonchev–Trinajstić information content (AvgIpc) is 2.53. The van der Waals surface area contributed by atoms with Crippen molar-refractivity contribution in [2.75, 3.05) is 13.1 Å². The number of nitriles is 1. The van der Waals surface area contributed by atoms with Crippen LogP contribution in [0.2, 0.25) is 5.02 Å². The number of benzene rings is 1. The van der Waals surface area contributed by atoms with Crippen molar-refractivity contribution in [3.05, 3.63) is 28.8 Å². The zero-order chi connectivity index (χ0) is 19.5. The Hall–Kier alpha value is -1.82. The second-order valence-corrected chi connectivity index (χ2v) is 9.40. The van der Waals surface area contributed by atoms with Crippen molar-refractivity contribution < 1.29 is 17.9 Å². The maximum atomic E-state index is 12.8. The molecule has 1 saturated heterocycles. The molecular weight excluding hydrogens is 378 g/mol. The van der Waals surface area contributed by atoms with Crippen LogP contribution in [-0.4, -0.2) is 43.5 Å². The Bertz CT molecular complexity index is 819. The summed E-state index contributed by atoms with van der Waals surface area (Å²) in [4.78, 5) is 11.8. The molecule has 0 radical (unpaired) electrons. The Morgan fingerprint density at radius 1 is 1.35 bits per heavy atom. The van der Waals surface area contributed by atoms with Gasteiger partial charge in [-0.25, -0.2) is 13.2 Å². The zero-order valence-corrected chi connectivity index (χ0v) is 16.5. The summed E-state index contributed by atoms with van der Waals surface area (Å²) in [5, 5.41) is 11.8. The van der Waals surface area contributed by atoms with Gasteiger partial charge in [0, 0.05) is 19.1 Å². The molecule has 2 rings (SSSR count). The Morgan fingerprint density at radius 2 is 1.96 bits per heavy atom. The van der Waals surface area contributed by atoms with Crippen LogP contribution in [0.4, 0.5) is 4.79 Å². The standard InChI is InChI=1S/C17H22ClN3O4S/c1-17(2,3)25-16(22)20-13-6-8-21(9-7-13)26(23,24)15-10-12(11-19)4-5-14(15)18/h4-5,10,13H,6-9H2,1-3H3,(H,20,22). The zero-order valence-electron chi connectivity index (χ0n) is 15.0. The van der Waals surface area contributed by atoms with E-state index in [0.29, 0.717) is 12.8 Å². The maximum Gasteiger partial charge on any atom is 0.407 e. The van der Waals surface area contributed by atoms with Gasteiger partial charge in [0.15, 0.2) is 0 Å². The second kappa shape index (κ2) is 7.82. The van der Waals surface area contributed by atoms with Crippen molar-refractivity contribution in [2.45, 2.75) is 50.2 Å². The molecule has 0 spiro atoms. The van der Waals surface area contributed by atoms with Crippen molar-refractivity contribution in [1.82, 2.24) is 9.62 Å². The number of carbonyl (C=O) groups excluding carboxylic acids is 1. The van der Waals surface area contributed by atoms with Crippen LogP contribution >= 0.6 is 11.6 Å². The molecule has 1 aliphatic heterocycles. The normalized spacial score (nSPS) is 16.7. The van der Waals surface area contributed by atoms with Crippen LogP contribution in [0, 0.1) is 11.3 Å². The third kappa shape index (κ3) is 5.10. The highest BCUT2D eigenvalue weighted by Gasteiger charge is 2.32. The summed E-state index contributed by atoms with van der Waals surface area (Å²) in [6, 6.07) is 5.92. The highest BCUT2D eigenvalue weighted by atomic mass is 35.5.